The highest BCUT2D eigenvalue weighted by Gasteiger charge is 2.14. The maximum Gasteiger partial charge on any atom is 0.240 e. The quantitative estimate of drug-likeness (QED) is 0.844. The van der Waals surface area contributed by atoms with Gasteiger partial charge >= 0.3 is 0 Å². The lowest BCUT2D eigenvalue weighted by Gasteiger charge is -2.07. The zero-order chi connectivity index (χ0) is 12.2. The number of sulfonamides is 1. The molecule has 0 fully saturated rings. The van der Waals surface area contributed by atoms with Crippen molar-refractivity contribution in [3.8, 4) is 0 Å². The standard InChI is InChI=1S/C10H15ClN2O2S/c1-2-5-13-16(14,15)9-4-3-8(7-12)10(11)6-9/h3-4,6,13H,2,5,7,12H2,1H3. The van der Waals surface area contributed by atoms with Crippen LogP contribution >= 0.6 is 11.6 Å². The lowest BCUT2D eigenvalue weighted by atomic mass is 10.2. The first-order chi connectivity index (χ1) is 7.51. The van der Waals surface area contributed by atoms with Crippen LogP contribution in [0.1, 0.15) is 18.9 Å². The van der Waals surface area contributed by atoms with E-state index in [2.05, 4.69) is 4.72 Å². The first-order valence-corrected chi connectivity index (χ1v) is 6.85. The SMILES string of the molecule is CCCNS(=O)(=O)c1ccc(CN)c(Cl)c1. The third-order valence-corrected chi connectivity index (χ3v) is 3.91. The molecule has 0 saturated carbocycles. The molecular weight excluding hydrogens is 248 g/mol. The van der Waals surface area contributed by atoms with Gasteiger partial charge < -0.3 is 5.73 Å². The number of hydrogen-bond acceptors (Lipinski definition) is 3. The molecule has 0 aromatic heterocycles. The molecule has 0 aliphatic heterocycles. The van der Waals surface area contributed by atoms with Crippen LogP contribution in [0.5, 0.6) is 0 Å². The third kappa shape index (κ3) is 3.18. The van der Waals surface area contributed by atoms with E-state index in [0.717, 1.165) is 12.0 Å². The van der Waals surface area contributed by atoms with E-state index in [9.17, 15) is 8.42 Å². The fraction of sp³-hybridized carbons (Fsp3) is 0.400. The molecule has 0 spiro atoms. The summed E-state index contributed by atoms with van der Waals surface area (Å²) in [4.78, 5) is 0.170. The predicted octanol–water partition coefficient (Wildman–Crippen LogP) is 1.49. The average molecular weight is 263 g/mol. The maximum absolute atomic E-state index is 11.7. The molecule has 90 valence electrons. The smallest absolute Gasteiger partial charge is 0.240 e. The highest BCUT2D eigenvalue weighted by atomic mass is 35.5. The van der Waals surface area contributed by atoms with Crippen molar-refractivity contribution in [3.63, 3.8) is 0 Å². The Bertz CT molecular complexity index is 460. The molecule has 1 rings (SSSR count). The molecule has 0 aliphatic carbocycles. The number of nitrogens with two attached hydrogens (primary N) is 1. The Hall–Kier alpha value is -0.620. The van der Waals surface area contributed by atoms with Crippen molar-refractivity contribution >= 4 is 21.6 Å². The van der Waals surface area contributed by atoms with E-state index in [0.29, 0.717) is 18.1 Å². The Labute approximate surface area is 101 Å². The van der Waals surface area contributed by atoms with Crippen molar-refractivity contribution in [1.82, 2.24) is 4.72 Å². The van der Waals surface area contributed by atoms with Gasteiger partial charge in [0.25, 0.3) is 0 Å². The summed E-state index contributed by atoms with van der Waals surface area (Å²) < 4.78 is 26.0. The lowest BCUT2D eigenvalue weighted by Crippen LogP contribution is -2.24. The second-order valence-electron chi connectivity index (χ2n) is 3.36. The Kier molecular flexibility index (Phi) is 4.73. The Balaban J connectivity index is 3.01. The number of rotatable bonds is 5. The second kappa shape index (κ2) is 5.63. The van der Waals surface area contributed by atoms with Crippen molar-refractivity contribution < 1.29 is 8.42 Å². The molecule has 0 bridgehead atoms. The highest BCUT2D eigenvalue weighted by Crippen LogP contribution is 2.20. The van der Waals surface area contributed by atoms with Crippen molar-refractivity contribution in [1.29, 1.82) is 0 Å². The van der Waals surface area contributed by atoms with E-state index in [1.165, 1.54) is 12.1 Å². The van der Waals surface area contributed by atoms with E-state index in [1.54, 1.807) is 6.07 Å². The van der Waals surface area contributed by atoms with Gasteiger partial charge in [-0.3, -0.25) is 0 Å². The van der Waals surface area contributed by atoms with Gasteiger partial charge in [0, 0.05) is 18.1 Å². The molecular formula is C10H15ClN2O2S. The summed E-state index contributed by atoms with van der Waals surface area (Å²) in [5.41, 5.74) is 6.17. The van der Waals surface area contributed by atoms with Gasteiger partial charge in [-0.25, -0.2) is 13.1 Å². The van der Waals surface area contributed by atoms with E-state index in [4.69, 9.17) is 17.3 Å². The number of benzene rings is 1. The zero-order valence-corrected chi connectivity index (χ0v) is 10.6. The molecule has 0 unspecified atom stereocenters. The van der Waals surface area contributed by atoms with E-state index >= 15 is 0 Å². The average Bonchev–Trinajstić information content (AvgIpc) is 2.26. The van der Waals surface area contributed by atoms with E-state index in [-0.39, 0.29) is 4.90 Å². The molecule has 1 aromatic rings. The van der Waals surface area contributed by atoms with Gasteiger partial charge in [0.15, 0.2) is 0 Å². The van der Waals surface area contributed by atoms with Crippen LogP contribution in [0.25, 0.3) is 0 Å². The molecule has 0 amide bonds. The van der Waals surface area contributed by atoms with Crippen LogP contribution in [0.4, 0.5) is 0 Å². The summed E-state index contributed by atoms with van der Waals surface area (Å²) in [7, 11) is -3.45. The first-order valence-electron chi connectivity index (χ1n) is 4.99. The number of hydrogen-bond donors (Lipinski definition) is 2. The predicted molar refractivity (Wildman–Crippen MR) is 64.8 cm³/mol. The fourth-order valence-electron chi connectivity index (χ4n) is 1.18. The number of nitrogens with one attached hydrogen (secondary N) is 1. The summed E-state index contributed by atoms with van der Waals surface area (Å²) >= 11 is 5.90. The normalized spacial score (nSPS) is 11.7. The van der Waals surface area contributed by atoms with E-state index in [1.807, 2.05) is 6.92 Å². The summed E-state index contributed by atoms with van der Waals surface area (Å²) in [5, 5.41) is 0.377. The molecule has 6 heteroatoms. The topological polar surface area (TPSA) is 72.2 Å². The minimum atomic E-state index is -3.45. The van der Waals surface area contributed by atoms with Crippen LogP contribution in [0.3, 0.4) is 0 Å². The van der Waals surface area contributed by atoms with Gasteiger partial charge in [-0.1, -0.05) is 24.6 Å². The third-order valence-electron chi connectivity index (χ3n) is 2.10. The molecule has 0 radical (unpaired) electrons. The number of halogens is 1. The van der Waals surface area contributed by atoms with Crippen molar-refractivity contribution in [2.75, 3.05) is 6.54 Å². The summed E-state index contributed by atoms with van der Waals surface area (Å²) in [6.07, 6.45) is 0.744. The van der Waals surface area contributed by atoms with E-state index < -0.39 is 10.0 Å². The Morgan fingerprint density at radius 2 is 2.12 bits per heavy atom. The van der Waals surface area contributed by atoms with Crippen molar-refractivity contribution in [2.45, 2.75) is 24.8 Å². The molecule has 16 heavy (non-hydrogen) atoms. The lowest BCUT2D eigenvalue weighted by molar-refractivity contribution is 0.581. The van der Waals surface area contributed by atoms with Gasteiger partial charge in [-0.15, -0.1) is 0 Å². The second-order valence-corrected chi connectivity index (χ2v) is 5.53. The molecule has 0 aliphatic rings. The zero-order valence-electron chi connectivity index (χ0n) is 9.03. The minimum Gasteiger partial charge on any atom is -0.326 e. The van der Waals surface area contributed by atoms with Gasteiger partial charge in [0.1, 0.15) is 0 Å². The van der Waals surface area contributed by atoms with Crippen molar-refractivity contribution in [3.05, 3.63) is 28.8 Å². The van der Waals surface area contributed by atoms with Gasteiger partial charge in [0.05, 0.1) is 4.90 Å². The van der Waals surface area contributed by atoms with Crippen LogP contribution in [0.2, 0.25) is 5.02 Å². The van der Waals surface area contributed by atoms with Crippen LogP contribution in [0.15, 0.2) is 23.1 Å². The molecule has 0 saturated heterocycles. The molecule has 3 N–H and O–H groups in total. The van der Waals surface area contributed by atoms with Crippen LogP contribution < -0.4 is 10.5 Å². The Morgan fingerprint density at radius 1 is 1.44 bits per heavy atom. The minimum absolute atomic E-state index is 0.170. The fourth-order valence-corrected chi connectivity index (χ4v) is 2.66. The van der Waals surface area contributed by atoms with Crippen LogP contribution in [0, 0.1) is 0 Å². The largest absolute Gasteiger partial charge is 0.326 e. The molecule has 0 atom stereocenters. The summed E-state index contributed by atoms with van der Waals surface area (Å²) in [6.45, 7) is 2.60. The van der Waals surface area contributed by atoms with Gasteiger partial charge in [0.2, 0.25) is 10.0 Å². The first kappa shape index (κ1) is 13.4. The molecule has 1 aromatic carbocycles. The molecule has 4 nitrogen and oxygen atoms in total. The highest BCUT2D eigenvalue weighted by molar-refractivity contribution is 7.89. The van der Waals surface area contributed by atoms with Crippen molar-refractivity contribution in [2.24, 2.45) is 5.73 Å². The summed E-state index contributed by atoms with van der Waals surface area (Å²) in [6, 6.07) is 4.55. The maximum atomic E-state index is 11.7. The summed E-state index contributed by atoms with van der Waals surface area (Å²) in [5.74, 6) is 0. The van der Waals surface area contributed by atoms with Crippen LogP contribution in [-0.4, -0.2) is 15.0 Å². The monoisotopic (exact) mass is 262 g/mol. The van der Waals surface area contributed by atoms with Gasteiger partial charge in [-0.2, -0.15) is 0 Å². The van der Waals surface area contributed by atoms with Gasteiger partial charge in [-0.05, 0) is 24.1 Å². The van der Waals surface area contributed by atoms with Crippen LogP contribution in [-0.2, 0) is 16.6 Å². The Morgan fingerprint density at radius 3 is 2.62 bits per heavy atom. The molecule has 0 heterocycles.